The predicted octanol–water partition coefficient (Wildman–Crippen LogP) is 0.927. The molecule has 0 bridgehead atoms. The second-order valence-corrected chi connectivity index (χ2v) is 2.46. The largest absolute Gasteiger partial charge is 0.304 e. The summed E-state index contributed by atoms with van der Waals surface area (Å²) in [5, 5.41) is 0. The van der Waals surface area contributed by atoms with E-state index < -0.39 is 24.7 Å². The van der Waals surface area contributed by atoms with Crippen LogP contribution in [0.5, 0.6) is 0 Å². The van der Waals surface area contributed by atoms with Crippen LogP contribution in [0.1, 0.15) is 6.42 Å². The van der Waals surface area contributed by atoms with Gasteiger partial charge in [-0.15, -0.1) is 0 Å². The minimum atomic E-state index is -1.93. The van der Waals surface area contributed by atoms with E-state index in [4.69, 9.17) is 0 Å². The van der Waals surface area contributed by atoms with E-state index in [1.165, 1.54) is 0 Å². The molecule has 0 heterocycles. The molecule has 11 heavy (non-hydrogen) atoms. The van der Waals surface area contributed by atoms with Gasteiger partial charge in [0.1, 0.15) is 6.67 Å². The molecule has 0 aliphatic heterocycles. The van der Waals surface area contributed by atoms with Crippen LogP contribution in [-0.4, -0.2) is 30.8 Å². The second kappa shape index (κ2) is 8.03. The topological polar surface area (TPSA) is 35.5 Å². The van der Waals surface area contributed by atoms with Crippen LogP contribution in [0.15, 0.2) is 0 Å². The Balaban J connectivity index is 3.09. The Morgan fingerprint density at radius 2 is 1.73 bits per heavy atom. The average Bonchev–Trinajstić information content (AvgIpc) is 2.01. The van der Waals surface area contributed by atoms with Crippen molar-refractivity contribution in [2.45, 2.75) is 6.42 Å². The maximum Gasteiger partial charge on any atom is 0.304 e. The summed E-state index contributed by atoms with van der Waals surface area (Å²) in [5.74, 6) is 0. The minimum absolute atomic E-state index is 0.0232. The third kappa shape index (κ3) is 7.83. The van der Waals surface area contributed by atoms with E-state index in [0.29, 0.717) is 0 Å². The first-order chi connectivity index (χ1) is 5.31. The average molecular weight is 188 g/mol. The highest BCUT2D eigenvalue weighted by Crippen LogP contribution is 1.91. The van der Waals surface area contributed by atoms with Gasteiger partial charge >= 0.3 is 11.4 Å². The van der Waals surface area contributed by atoms with Crippen molar-refractivity contribution < 1.29 is 21.4 Å². The number of rotatable bonds is 7. The zero-order valence-corrected chi connectivity index (χ0v) is 6.74. The van der Waals surface area contributed by atoms with E-state index in [1.807, 2.05) is 0 Å². The zero-order valence-electron chi connectivity index (χ0n) is 5.92. The minimum Gasteiger partial charge on any atom is -0.268 e. The molecule has 3 nitrogen and oxygen atoms in total. The monoisotopic (exact) mass is 188 g/mol. The molecule has 0 saturated carbocycles. The highest BCUT2D eigenvalue weighted by Gasteiger charge is 1.99. The smallest absolute Gasteiger partial charge is 0.268 e. The molecule has 0 saturated heterocycles. The molecular formula is C5H10F2O3S. The van der Waals surface area contributed by atoms with Gasteiger partial charge in [0.05, 0.1) is 19.9 Å². The van der Waals surface area contributed by atoms with Gasteiger partial charge in [-0.25, -0.2) is 4.39 Å². The summed E-state index contributed by atoms with van der Waals surface area (Å²) in [4.78, 5) is 0. The molecule has 0 radical (unpaired) electrons. The molecule has 1 unspecified atom stereocenters. The lowest BCUT2D eigenvalue weighted by Gasteiger charge is -1.99. The first kappa shape index (κ1) is 10.9. The van der Waals surface area contributed by atoms with Gasteiger partial charge in [-0.05, 0) is 0 Å². The van der Waals surface area contributed by atoms with E-state index in [1.54, 1.807) is 0 Å². The van der Waals surface area contributed by atoms with Gasteiger partial charge < -0.3 is 0 Å². The zero-order chi connectivity index (χ0) is 8.53. The van der Waals surface area contributed by atoms with E-state index >= 15 is 0 Å². The highest BCUT2D eigenvalue weighted by molar-refractivity contribution is 7.75. The molecule has 68 valence electrons. The molecule has 0 N–H and O–H groups in total. The molecule has 0 aliphatic carbocycles. The van der Waals surface area contributed by atoms with E-state index in [0.717, 1.165) is 0 Å². The van der Waals surface area contributed by atoms with Crippen molar-refractivity contribution in [3.8, 4) is 0 Å². The van der Waals surface area contributed by atoms with Crippen molar-refractivity contribution in [1.29, 1.82) is 0 Å². The Morgan fingerprint density at radius 3 is 2.27 bits per heavy atom. The van der Waals surface area contributed by atoms with Gasteiger partial charge in [-0.2, -0.15) is 4.21 Å². The van der Waals surface area contributed by atoms with Crippen molar-refractivity contribution in [1.82, 2.24) is 0 Å². The highest BCUT2D eigenvalue weighted by atomic mass is 32.2. The van der Waals surface area contributed by atoms with Crippen molar-refractivity contribution >= 4 is 11.4 Å². The first-order valence-electron chi connectivity index (χ1n) is 3.11. The predicted molar refractivity (Wildman–Crippen MR) is 36.6 cm³/mol. The summed E-state index contributed by atoms with van der Waals surface area (Å²) in [5.41, 5.74) is 0. The fourth-order valence-electron chi connectivity index (χ4n) is 0.315. The van der Waals surface area contributed by atoms with Crippen LogP contribution in [-0.2, 0) is 19.7 Å². The number of hydrogen-bond acceptors (Lipinski definition) is 3. The van der Waals surface area contributed by atoms with Gasteiger partial charge in [0, 0.05) is 6.42 Å². The molecular weight excluding hydrogens is 178 g/mol. The third-order valence-electron chi connectivity index (χ3n) is 0.714. The Hall–Kier alpha value is -0.0700. The molecule has 0 aromatic rings. The second-order valence-electron chi connectivity index (χ2n) is 1.58. The first-order valence-corrected chi connectivity index (χ1v) is 4.11. The lowest BCUT2D eigenvalue weighted by atomic mass is 10.5. The van der Waals surface area contributed by atoms with Gasteiger partial charge in [-0.3, -0.25) is 12.8 Å². The van der Waals surface area contributed by atoms with Crippen molar-refractivity contribution in [3.63, 3.8) is 0 Å². The summed E-state index contributed by atoms with van der Waals surface area (Å²) < 4.78 is 42.0. The van der Waals surface area contributed by atoms with Crippen LogP contribution in [0.3, 0.4) is 0 Å². The lowest BCUT2D eigenvalue weighted by molar-refractivity contribution is 0.225. The molecule has 1 atom stereocenters. The Kier molecular flexibility index (Phi) is 7.98. The van der Waals surface area contributed by atoms with Crippen LogP contribution < -0.4 is 0 Å². The Morgan fingerprint density at radius 1 is 1.09 bits per heavy atom. The van der Waals surface area contributed by atoms with Crippen LogP contribution in [0.2, 0.25) is 0 Å². The normalized spacial score (nSPS) is 13.3. The SMILES string of the molecule is O=S(OCCF)OCCCF. The van der Waals surface area contributed by atoms with Gasteiger partial charge in [0.25, 0.3) is 0 Å². The molecule has 0 aliphatic rings. The van der Waals surface area contributed by atoms with Gasteiger partial charge in [-0.1, -0.05) is 0 Å². The lowest BCUT2D eigenvalue weighted by Crippen LogP contribution is -2.05. The summed E-state index contributed by atoms with van der Waals surface area (Å²) in [7, 11) is 0. The number of hydrogen-bond donors (Lipinski definition) is 0. The maximum absolute atomic E-state index is 11.4. The van der Waals surface area contributed by atoms with Crippen molar-refractivity contribution in [2.24, 2.45) is 0 Å². The number of alkyl halides is 2. The maximum atomic E-state index is 11.4. The molecule has 0 spiro atoms. The van der Waals surface area contributed by atoms with Gasteiger partial charge in [0.2, 0.25) is 0 Å². The van der Waals surface area contributed by atoms with E-state index in [-0.39, 0.29) is 19.6 Å². The van der Waals surface area contributed by atoms with Crippen LogP contribution >= 0.6 is 0 Å². The summed E-state index contributed by atoms with van der Waals surface area (Å²) in [6, 6.07) is 0. The summed E-state index contributed by atoms with van der Waals surface area (Å²) in [6.07, 6.45) is 0.171. The fourth-order valence-corrected chi connectivity index (χ4v) is 0.836. The summed E-state index contributed by atoms with van der Waals surface area (Å²) >= 11 is -1.93. The van der Waals surface area contributed by atoms with Crippen molar-refractivity contribution in [3.05, 3.63) is 0 Å². The molecule has 0 amide bonds. The molecule has 0 aromatic heterocycles. The fraction of sp³-hybridized carbons (Fsp3) is 1.00. The van der Waals surface area contributed by atoms with E-state index in [2.05, 4.69) is 8.37 Å². The van der Waals surface area contributed by atoms with Crippen LogP contribution in [0.4, 0.5) is 8.78 Å². The van der Waals surface area contributed by atoms with Crippen LogP contribution in [0.25, 0.3) is 0 Å². The van der Waals surface area contributed by atoms with Gasteiger partial charge in [0.15, 0.2) is 0 Å². The molecule has 0 rings (SSSR count). The Bertz CT molecular complexity index is 112. The standard InChI is InChI=1S/C5H10F2O3S/c6-2-1-4-9-11(8)10-5-3-7/h1-5H2. The summed E-state index contributed by atoms with van der Waals surface area (Å²) in [6.45, 7) is -1.48. The van der Waals surface area contributed by atoms with Crippen LogP contribution in [0, 0.1) is 0 Å². The van der Waals surface area contributed by atoms with E-state index in [9.17, 15) is 13.0 Å². The van der Waals surface area contributed by atoms with Crippen molar-refractivity contribution in [2.75, 3.05) is 26.6 Å². The third-order valence-corrected chi connectivity index (χ3v) is 1.43. The molecule has 6 heteroatoms. The quantitative estimate of drug-likeness (QED) is 0.557. The Labute approximate surface area is 66.5 Å². The molecule has 0 fully saturated rings. The molecule has 0 aromatic carbocycles. The number of halogens is 2.